The van der Waals surface area contributed by atoms with Crippen LogP contribution in [0, 0.1) is 11.8 Å². The molecule has 0 saturated heterocycles. The topological polar surface area (TPSA) is 86.7 Å². The van der Waals surface area contributed by atoms with Gasteiger partial charge in [-0.25, -0.2) is 0 Å². The second kappa shape index (κ2) is 11.9. The van der Waals surface area contributed by atoms with Crippen molar-refractivity contribution in [2.24, 2.45) is 11.8 Å². The Morgan fingerprint density at radius 3 is 1.48 bits per heavy atom. The summed E-state index contributed by atoms with van der Waals surface area (Å²) in [7, 11) is 0. The number of esters is 2. The third-order valence-corrected chi connectivity index (χ3v) is 5.68. The largest absolute Gasteiger partial charge is 0.462 e. The van der Waals surface area contributed by atoms with E-state index in [-0.39, 0.29) is 36.0 Å². The Hall–Kier alpha value is -1.72. The van der Waals surface area contributed by atoms with Gasteiger partial charge in [0.2, 0.25) is 0 Å². The molecule has 0 aliphatic heterocycles. The van der Waals surface area contributed by atoms with Gasteiger partial charge in [-0.05, 0) is 51.4 Å². The lowest BCUT2D eigenvalue weighted by molar-refractivity contribution is -0.155. The van der Waals surface area contributed by atoms with Gasteiger partial charge in [-0.3, -0.25) is 9.59 Å². The second-order valence-corrected chi connectivity index (χ2v) is 7.79. The monoisotopic (exact) mass is 380 g/mol. The maximum absolute atomic E-state index is 11.9. The number of carbonyl (C=O) groups is 4. The summed E-state index contributed by atoms with van der Waals surface area (Å²) in [6.07, 6.45) is 11.1. The normalized spacial score (nSPS) is 28.1. The third-order valence-electron chi connectivity index (χ3n) is 5.68. The lowest BCUT2D eigenvalue weighted by Gasteiger charge is -2.27. The molecule has 4 atom stereocenters. The number of unbranched alkanes of at least 4 members (excludes halogenated alkanes) is 2. The highest BCUT2D eigenvalue weighted by molar-refractivity contribution is 5.71. The second-order valence-electron chi connectivity index (χ2n) is 7.79. The first-order chi connectivity index (χ1) is 13.1. The molecule has 6 heteroatoms. The molecule has 2 saturated carbocycles. The minimum atomic E-state index is -0.264. The van der Waals surface area contributed by atoms with Crippen molar-refractivity contribution in [1.82, 2.24) is 0 Å². The summed E-state index contributed by atoms with van der Waals surface area (Å²) < 4.78 is 10.9. The Balaban J connectivity index is 1.55. The van der Waals surface area contributed by atoms with Crippen molar-refractivity contribution in [3.63, 3.8) is 0 Å². The molecule has 2 aliphatic carbocycles. The SMILES string of the molecule is O=C[C@H]1CCCC[C@@H]1OC(=O)CCCCCC(=O)O[C@H]1CCCC[C@@H]1C=O. The zero-order chi connectivity index (χ0) is 19.5. The molecular formula is C21H32O6. The molecule has 152 valence electrons. The van der Waals surface area contributed by atoms with E-state index in [9.17, 15) is 19.2 Å². The predicted octanol–water partition coefficient (Wildman–Crippen LogP) is 3.54. The average Bonchev–Trinajstić information content (AvgIpc) is 2.68. The van der Waals surface area contributed by atoms with E-state index >= 15 is 0 Å². The Morgan fingerprint density at radius 2 is 1.07 bits per heavy atom. The molecule has 2 fully saturated rings. The van der Waals surface area contributed by atoms with Gasteiger partial charge >= 0.3 is 11.9 Å². The molecule has 0 aromatic carbocycles. The van der Waals surface area contributed by atoms with Crippen LogP contribution in [0.2, 0.25) is 0 Å². The molecule has 0 heterocycles. The quantitative estimate of drug-likeness (QED) is 0.327. The van der Waals surface area contributed by atoms with Crippen molar-refractivity contribution < 1.29 is 28.7 Å². The standard InChI is InChI=1S/C21H32O6/c22-14-16-8-4-6-10-18(16)26-20(24)12-2-1-3-13-21(25)27-19-11-7-5-9-17(19)15-23/h14-19H,1-13H2/t16-,17-,18+,19+/m1/s1. The van der Waals surface area contributed by atoms with E-state index < -0.39 is 0 Å². The molecule has 0 bridgehead atoms. The fourth-order valence-corrected chi connectivity index (χ4v) is 4.03. The summed E-state index contributed by atoms with van der Waals surface area (Å²) in [6.45, 7) is 0. The average molecular weight is 380 g/mol. The Bertz CT molecular complexity index is 459. The molecule has 27 heavy (non-hydrogen) atoms. The Labute approximate surface area is 161 Å². The van der Waals surface area contributed by atoms with Crippen LogP contribution in [-0.4, -0.2) is 36.7 Å². The van der Waals surface area contributed by atoms with E-state index in [1.165, 1.54) is 0 Å². The molecule has 0 spiro atoms. The Kier molecular flexibility index (Phi) is 9.50. The highest BCUT2D eigenvalue weighted by atomic mass is 16.5. The van der Waals surface area contributed by atoms with E-state index in [4.69, 9.17) is 9.47 Å². The van der Waals surface area contributed by atoms with E-state index in [0.717, 1.165) is 70.4 Å². The van der Waals surface area contributed by atoms with Crippen LogP contribution in [-0.2, 0) is 28.7 Å². The van der Waals surface area contributed by atoms with E-state index in [1.807, 2.05) is 0 Å². The summed E-state index contributed by atoms with van der Waals surface area (Å²) in [5, 5.41) is 0. The van der Waals surface area contributed by atoms with E-state index in [2.05, 4.69) is 0 Å². The third kappa shape index (κ3) is 7.43. The van der Waals surface area contributed by atoms with Gasteiger partial charge in [0, 0.05) is 12.8 Å². The van der Waals surface area contributed by atoms with E-state index in [0.29, 0.717) is 25.7 Å². The van der Waals surface area contributed by atoms with Crippen LogP contribution in [0.1, 0.15) is 83.5 Å². The maximum Gasteiger partial charge on any atom is 0.306 e. The molecule has 2 rings (SSSR count). The van der Waals surface area contributed by atoms with Crippen LogP contribution in [0.5, 0.6) is 0 Å². The molecule has 6 nitrogen and oxygen atoms in total. The van der Waals surface area contributed by atoms with Gasteiger partial charge < -0.3 is 19.1 Å². The molecule has 0 amide bonds. The van der Waals surface area contributed by atoms with Crippen molar-refractivity contribution in [2.75, 3.05) is 0 Å². The molecule has 0 radical (unpaired) electrons. The first-order valence-corrected chi connectivity index (χ1v) is 10.4. The van der Waals surface area contributed by atoms with Crippen molar-refractivity contribution in [3.8, 4) is 0 Å². The molecular weight excluding hydrogens is 348 g/mol. The summed E-state index contributed by atoms with van der Waals surface area (Å²) in [5.74, 6) is -0.834. The van der Waals surface area contributed by atoms with E-state index in [1.54, 1.807) is 0 Å². The van der Waals surface area contributed by atoms with Gasteiger partial charge in [0.05, 0.1) is 11.8 Å². The van der Waals surface area contributed by atoms with Crippen LogP contribution in [0.3, 0.4) is 0 Å². The minimum absolute atomic E-state index is 0.160. The highest BCUT2D eigenvalue weighted by Crippen LogP contribution is 2.27. The summed E-state index contributed by atoms with van der Waals surface area (Å²) in [5.41, 5.74) is 0. The number of aldehydes is 2. The smallest absolute Gasteiger partial charge is 0.306 e. The Morgan fingerprint density at radius 1 is 0.667 bits per heavy atom. The fraction of sp³-hybridized carbons (Fsp3) is 0.810. The van der Waals surface area contributed by atoms with Gasteiger partial charge in [0.15, 0.2) is 0 Å². The zero-order valence-electron chi connectivity index (χ0n) is 16.1. The maximum atomic E-state index is 11.9. The van der Waals surface area contributed by atoms with Crippen LogP contribution in [0.15, 0.2) is 0 Å². The van der Waals surface area contributed by atoms with Crippen molar-refractivity contribution in [2.45, 2.75) is 95.7 Å². The predicted molar refractivity (Wildman–Crippen MR) is 98.9 cm³/mol. The lowest BCUT2D eigenvalue weighted by atomic mass is 9.87. The summed E-state index contributed by atoms with van der Waals surface area (Å²) in [6, 6.07) is 0. The van der Waals surface area contributed by atoms with Crippen molar-refractivity contribution in [3.05, 3.63) is 0 Å². The first kappa shape index (κ1) is 21.6. The van der Waals surface area contributed by atoms with Gasteiger partial charge in [-0.2, -0.15) is 0 Å². The van der Waals surface area contributed by atoms with Crippen LogP contribution >= 0.6 is 0 Å². The number of carbonyl (C=O) groups excluding carboxylic acids is 4. The van der Waals surface area contributed by atoms with Crippen molar-refractivity contribution in [1.29, 1.82) is 0 Å². The number of hydrogen-bond donors (Lipinski definition) is 0. The summed E-state index contributed by atoms with van der Waals surface area (Å²) in [4.78, 5) is 46.0. The molecule has 0 aromatic heterocycles. The molecule has 2 aliphatic rings. The highest BCUT2D eigenvalue weighted by Gasteiger charge is 2.28. The number of hydrogen-bond acceptors (Lipinski definition) is 6. The van der Waals surface area contributed by atoms with Gasteiger partial charge in [0.25, 0.3) is 0 Å². The van der Waals surface area contributed by atoms with Crippen LogP contribution in [0.25, 0.3) is 0 Å². The first-order valence-electron chi connectivity index (χ1n) is 10.4. The number of ether oxygens (including phenoxy) is 2. The summed E-state index contributed by atoms with van der Waals surface area (Å²) >= 11 is 0. The van der Waals surface area contributed by atoms with Crippen LogP contribution < -0.4 is 0 Å². The fourth-order valence-electron chi connectivity index (χ4n) is 4.03. The molecule has 0 aromatic rings. The van der Waals surface area contributed by atoms with Gasteiger partial charge in [-0.1, -0.05) is 19.3 Å². The number of rotatable bonds is 10. The van der Waals surface area contributed by atoms with Gasteiger partial charge in [-0.15, -0.1) is 0 Å². The minimum Gasteiger partial charge on any atom is -0.462 e. The van der Waals surface area contributed by atoms with Crippen LogP contribution in [0.4, 0.5) is 0 Å². The van der Waals surface area contributed by atoms with Crippen molar-refractivity contribution >= 4 is 24.5 Å². The van der Waals surface area contributed by atoms with Gasteiger partial charge in [0.1, 0.15) is 24.8 Å². The zero-order valence-corrected chi connectivity index (χ0v) is 16.1. The lowest BCUT2D eigenvalue weighted by Crippen LogP contribution is -2.31. The molecule has 0 unspecified atom stereocenters. The molecule has 0 N–H and O–H groups in total.